The Morgan fingerprint density at radius 1 is 1.05 bits per heavy atom. The van der Waals surface area contributed by atoms with E-state index < -0.39 is 30.0 Å². The molecule has 0 saturated heterocycles. The SMILES string of the molecule is Cc1ccc(NC(=O)COc2ccc(F)c(F)c2)c(F)c1. The summed E-state index contributed by atoms with van der Waals surface area (Å²) in [5, 5.41) is 2.33. The maximum Gasteiger partial charge on any atom is 0.262 e. The van der Waals surface area contributed by atoms with Crippen molar-refractivity contribution in [2.24, 2.45) is 0 Å². The normalized spacial score (nSPS) is 10.3. The van der Waals surface area contributed by atoms with Crippen molar-refractivity contribution in [2.45, 2.75) is 6.92 Å². The molecule has 2 aromatic rings. The van der Waals surface area contributed by atoms with Gasteiger partial charge in [-0.15, -0.1) is 0 Å². The minimum atomic E-state index is -1.07. The Labute approximate surface area is 119 Å². The van der Waals surface area contributed by atoms with Gasteiger partial charge in [-0.25, -0.2) is 13.2 Å². The first kappa shape index (κ1) is 14.9. The van der Waals surface area contributed by atoms with Gasteiger partial charge in [0, 0.05) is 6.07 Å². The minimum Gasteiger partial charge on any atom is -0.484 e. The fourth-order valence-electron chi connectivity index (χ4n) is 1.62. The maximum atomic E-state index is 13.5. The molecule has 2 rings (SSSR count). The lowest BCUT2D eigenvalue weighted by molar-refractivity contribution is -0.118. The highest BCUT2D eigenvalue weighted by molar-refractivity contribution is 5.92. The van der Waals surface area contributed by atoms with Crippen molar-refractivity contribution in [1.82, 2.24) is 0 Å². The summed E-state index contributed by atoms with van der Waals surface area (Å²) in [5.41, 5.74) is 0.753. The van der Waals surface area contributed by atoms with Crippen LogP contribution < -0.4 is 10.1 Å². The van der Waals surface area contributed by atoms with E-state index in [1.807, 2.05) is 0 Å². The molecule has 0 aliphatic heterocycles. The van der Waals surface area contributed by atoms with Crippen molar-refractivity contribution in [2.75, 3.05) is 11.9 Å². The quantitative estimate of drug-likeness (QED) is 0.938. The Balaban J connectivity index is 1.94. The van der Waals surface area contributed by atoms with Crippen LogP contribution in [0.4, 0.5) is 18.9 Å². The Hall–Kier alpha value is -2.50. The molecule has 0 bridgehead atoms. The molecule has 0 heterocycles. The van der Waals surface area contributed by atoms with Crippen LogP contribution in [0.25, 0.3) is 0 Å². The second-order valence-corrected chi connectivity index (χ2v) is 4.40. The first-order valence-electron chi connectivity index (χ1n) is 6.09. The number of amides is 1. The lowest BCUT2D eigenvalue weighted by Gasteiger charge is -2.09. The zero-order valence-corrected chi connectivity index (χ0v) is 11.1. The van der Waals surface area contributed by atoms with Crippen molar-refractivity contribution in [3.63, 3.8) is 0 Å². The van der Waals surface area contributed by atoms with Crippen LogP contribution >= 0.6 is 0 Å². The van der Waals surface area contributed by atoms with Crippen LogP contribution in [-0.2, 0) is 4.79 Å². The summed E-state index contributed by atoms with van der Waals surface area (Å²) >= 11 is 0. The second-order valence-electron chi connectivity index (χ2n) is 4.40. The van der Waals surface area contributed by atoms with Crippen LogP contribution in [-0.4, -0.2) is 12.5 Å². The molecule has 0 atom stereocenters. The number of ether oxygens (including phenoxy) is 1. The van der Waals surface area contributed by atoms with Crippen molar-refractivity contribution in [3.05, 3.63) is 59.4 Å². The molecule has 21 heavy (non-hydrogen) atoms. The van der Waals surface area contributed by atoms with Gasteiger partial charge in [0.05, 0.1) is 5.69 Å². The van der Waals surface area contributed by atoms with E-state index in [2.05, 4.69) is 5.32 Å². The lowest BCUT2D eigenvalue weighted by Crippen LogP contribution is -2.20. The van der Waals surface area contributed by atoms with Crippen LogP contribution in [0.15, 0.2) is 36.4 Å². The van der Waals surface area contributed by atoms with Gasteiger partial charge in [-0.3, -0.25) is 4.79 Å². The van der Waals surface area contributed by atoms with Gasteiger partial charge >= 0.3 is 0 Å². The van der Waals surface area contributed by atoms with E-state index in [-0.39, 0.29) is 11.4 Å². The number of anilines is 1. The summed E-state index contributed by atoms with van der Waals surface area (Å²) in [4.78, 5) is 11.6. The second kappa shape index (κ2) is 6.30. The lowest BCUT2D eigenvalue weighted by atomic mass is 10.2. The fraction of sp³-hybridized carbons (Fsp3) is 0.133. The number of aryl methyl sites for hydroxylation is 1. The molecule has 110 valence electrons. The zero-order chi connectivity index (χ0) is 15.4. The molecular formula is C15H12F3NO2. The van der Waals surface area contributed by atoms with Crippen LogP contribution in [0.5, 0.6) is 5.75 Å². The maximum absolute atomic E-state index is 13.5. The zero-order valence-electron chi connectivity index (χ0n) is 11.1. The Morgan fingerprint density at radius 2 is 1.81 bits per heavy atom. The summed E-state index contributed by atoms with van der Waals surface area (Å²) in [7, 11) is 0. The van der Waals surface area contributed by atoms with Gasteiger partial charge in [0.2, 0.25) is 0 Å². The van der Waals surface area contributed by atoms with E-state index in [9.17, 15) is 18.0 Å². The number of carbonyl (C=O) groups is 1. The molecule has 0 radical (unpaired) electrons. The largest absolute Gasteiger partial charge is 0.484 e. The number of hydrogen-bond donors (Lipinski definition) is 1. The molecule has 0 saturated carbocycles. The van der Waals surface area contributed by atoms with Gasteiger partial charge in [-0.2, -0.15) is 0 Å². The molecule has 0 aromatic heterocycles. The van der Waals surface area contributed by atoms with Crippen molar-refractivity contribution in [3.8, 4) is 5.75 Å². The van der Waals surface area contributed by atoms with Gasteiger partial charge in [0.25, 0.3) is 5.91 Å². The molecule has 1 N–H and O–H groups in total. The molecule has 6 heteroatoms. The average molecular weight is 295 g/mol. The number of carbonyl (C=O) groups excluding carboxylic acids is 1. The van der Waals surface area contributed by atoms with E-state index in [0.29, 0.717) is 0 Å². The average Bonchev–Trinajstić information content (AvgIpc) is 2.43. The summed E-state index contributed by atoms with van der Waals surface area (Å²) in [6, 6.07) is 7.27. The highest BCUT2D eigenvalue weighted by Crippen LogP contribution is 2.17. The van der Waals surface area contributed by atoms with Crippen LogP contribution in [0.1, 0.15) is 5.56 Å². The highest BCUT2D eigenvalue weighted by Gasteiger charge is 2.09. The Kier molecular flexibility index (Phi) is 4.47. The molecule has 3 nitrogen and oxygen atoms in total. The first-order chi connectivity index (χ1) is 9.95. The number of hydrogen-bond acceptors (Lipinski definition) is 2. The third kappa shape index (κ3) is 3.98. The van der Waals surface area contributed by atoms with Gasteiger partial charge < -0.3 is 10.1 Å². The summed E-state index contributed by atoms with van der Waals surface area (Å²) in [5.74, 6) is -3.24. The number of rotatable bonds is 4. The smallest absolute Gasteiger partial charge is 0.262 e. The van der Waals surface area contributed by atoms with E-state index in [0.717, 1.165) is 17.7 Å². The van der Waals surface area contributed by atoms with Gasteiger partial charge in [0.15, 0.2) is 18.2 Å². The number of halogens is 3. The molecule has 0 unspecified atom stereocenters. The summed E-state index contributed by atoms with van der Waals surface area (Å²) in [6.45, 7) is 1.28. The van der Waals surface area contributed by atoms with Gasteiger partial charge in [-0.05, 0) is 36.8 Å². The molecule has 1 amide bonds. The molecule has 0 spiro atoms. The highest BCUT2D eigenvalue weighted by atomic mass is 19.2. The predicted octanol–water partition coefficient (Wildman–Crippen LogP) is 3.43. The number of nitrogens with one attached hydrogen (secondary N) is 1. The van der Waals surface area contributed by atoms with Crippen LogP contribution in [0, 0.1) is 24.4 Å². The molecule has 0 aliphatic rings. The van der Waals surface area contributed by atoms with Crippen LogP contribution in [0.2, 0.25) is 0 Å². The van der Waals surface area contributed by atoms with Gasteiger partial charge in [-0.1, -0.05) is 6.07 Å². The Bertz CT molecular complexity index is 674. The molecular weight excluding hydrogens is 283 g/mol. The topological polar surface area (TPSA) is 38.3 Å². The monoisotopic (exact) mass is 295 g/mol. The minimum absolute atomic E-state index is 0.00780. The first-order valence-corrected chi connectivity index (χ1v) is 6.09. The van der Waals surface area contributed by atoms with Crippen molar-refractivity contribution in [1.29, 1.82) is 0 Å². The van der Waals surface area contributed by atoms with Crippen molar-refractivity contribution >= 4 is 11.6 Å². The predicted molar refractivity (Wildman–Crippen MR) is 71.6 cm³/mol. The fourth-order valence-corrected chi connectivity index (χ4v) is 1.62. The standard InChI is InChI=1S/C15H12F3NO2/c1-9-2-5-14(13(18)6-9)19-15(20)8-21-10-3-4-11(16)12(17)7-10/h2-7H,8H2,1H3,(H,19,20). The molecule has 2 aromatic carbocycles. The Morgan fingerprint density at radius 3 is 2.48 bits per heavy atom. The van der Waals surface area contributed by atoms with E-state index in [1.54, 1.807) is 13.0 Å². The van der Waals surface area contributed by atoms with E-state index in [4.69, 9.17) is 4.74 Å². The third-order valence-corrected chi connectivity index (χ3v) is 2.66. The van der Waals surface area contributed by atoms with Gasteiger partial charge in [0.1, 0.15) is 11.6 Å². The number of benzene rings is 2. The van der Waals surface area contributed by atoms with E-state index in [1.165, 1.54) is 18.2 Å². The van der Waals surface area contributed by atoms with Crippen molar-refractivity contribution < 1.29 is 22.7 Å². The van der Waals surface area contributed by atoms with Crippen LogP contribution in [0.3, 0.4) is 0 Å². The van der Waals surface area contributed by atoms with E-state index >= 15 is 0 Å². The summed E-state index contributed by atoms with van der Waals surface area (Å²) in [6.07, 6.45) is 0. The third-order valence-electron chi connectivity index (χ3n) is 2.66. The summed E-state index contributed by atoms with van der Waals surface area (Å²) < 4.78 is 44.2. The molecule has 0 aliphatic carbocycles. The molecule has 0 fully saturated rings.